The average Bonchev–Trinajstić information content (AvgIpc) is 2.37. The van der Waals surface area contributed by atoms with Gasteiger partial charge < -0.3 is 20.7 Å². The fourth-order valence-corrected chi connectivity index (χ4v) is 2.01. The largest absolute Gasteiger partial charge is 0.444 e. The van der Waals surface area contributed by atoms with Gasteiger partial charge in [-0.25, -0.2) is 4.79 Å². The van der Waals surface area contributed by atoms with Crippen molar-refractivity contribution in [1.82, 2.24) is 5.32 Å². The number of hydrogen-bond donors (Lipinski definition) is 3. The predicted molar refractivity (Wildman–Crippen MR) is 93.1 cm³/mol. The van der Waals surface area contributed by atoms with Gasteiger partial charge in [0.05, 0.1) is 10.7 Å². The summed E-state index contributed by atoms with van der Waals surface area (Å²) in [6.45, 7) is 9.19. The lowest BCUT2D eigenvalue weighted by atomic mass is 10.2. The number of alkyl carbamates (subject to hydrolysis) is 1. The molecule has 1 atom stereocenters. The van der Waals surface area contributed by atoms with Crippen LogP contribution in [0.2, 0.25) is 5.02 Å². The van der Waals surface area contributed by atoms with Crippen molar-refractivity contribution in [2.24, 2.45) is 0 Å². The van der Waals surface area contributed by atoms with E-state index in [1.807, 2.05) is 27.7 Å². The van der Waals surface area contributed by atoms with E-state index >= 15 is 0 Å². The van der Waals surface area contributed by atoms with Crippen LogP contribution in [0.4, 0.5) is 16.2 Å². The summed E-state index contributed by atoms with van der Waals surface area (Å²) in [6, 6.07) is 5.23. The first-order chi connectivity index (χ1) is 10.6. The molecule has 1 unspecified atom stereocenters. The summed E-state index contributed by atoms with van der Waals surface area (Å²) in [4.78, 5) is 22.6. The molecule has 0 fully saturated rings. The quantitative estimate of drug-likeness (QED) is 0.764. The third-order valence-electron chi connectivity index (χ3n) is 2.64. The Balaban J connectivity index is 2.51. The van der Waals surface area contributed by atoms with Gasteiger partial charge in [-0.1, -0.05) is 11.6 Å². The zero-order valence-electron chi connectivity index (χ0n) is 14.1. The van der Waals surface area contributed by atoms with Crippen LogP contribution < -0.4 is 16.0 Å². The molecule has 23 heavy (non-hydrogen) atoms. The first kappa shape index (κ1) is 19.1. The third-order valence-corrected chi connectivity index (χ3v) is 2.96. The van der Waals surface area contributed by atoms with Crippen LogP contribution >= 0.6 is 11.6 Å². The number of carbonyl (C=O) groups is 2. The van der Waals surface area contributed by atoms with E-state index in [1.165, 1.54) is 6.92 Å². The number of carbonyl (C=O) groups excluding carboxylic acids is 2. The van der Waals surface area contributed by atoms with Gasteiger partial charge in [0.1, 0.15) is 5.60 Å². The summed E-state index contributed by atoms with van der Waals surface area (Å²) < 4.78 is 5.17. The summed E-state index contributed by atoms with van der Waals surface area (Å²) in [5.74, 6) is -0.178. The zero-order valence-corrected chi connectivity index (χ0v) is 14.9. The number of hydrogen-bond acceptors (Lipinski definition) is 4. The van der Waals surface area contributed by atoms with Crippen LogP contribution in [0, 0.1) is 0 Å². The third kappa shape index (κ3) is 7.74. The first-order valence-corrected chi connectivity index (χ1v) is 7.75. The highest BCUT2D eigenvalue weighted by atomic mass is 35.5. The van der Waals surface area contributed by atoms with Gasteiger partial charge in [0, 0.05) is 25.2 Å². The first-order valence-electron chi connectivity index (χ1n) is 7.37. The molecule has 0 saturated heterocycles. The number of nitrogens with one attached hydrogen (secondary N) is 3. The van der Waals surface area contributed by atoms with E-state index in [0.29, 0.717) is 17.3 Å². The van der Waals surface area contributed by atoms with E-state index in [2.05, 4.69) is 16.0 Å². The Morgan fingerprint density at radius 3 is 2.48 bits per heavy atom. The van der Waals surface area contributed by atoms with Crippen molar-refractivity contribution in [2.75, 3.05) is 17.2 Å². The lowest BCUT2D eigenvalue weighted by molar-refractivity contribution is -0.114. The molecular formula is C16H24ClN3O3. The minimum absolute atomic E-state index is 0.0230. The van der Waals surface area contributed by atoms with Crippen LogP contribution in [0.1, 0.15) is 34.6 Å². The Morgan fingerprint density at radius 1 is 1.30 bits per heavy atom. The normalized spacial score (nSPS) is 12.3. The van der Waals surface area contributed by atoms with E-state index in [-0.39, 0.29) is 11.9 Å². The van der Waals surface area contributed by atoms with E-state index in [1.54, 1.807) is 18.2 Å². The number of amides is 2. The Kier molecular flexibility index (Phi) is 6.69. The van der Waals surface area contributed by atoms with Gasteiger partial charge >= 0.3 is 6.09 Å². The Morgan fingerprint density at radius 2 is 1.96 bits per heavy atom. The maximum absolute atomic E-state index is 11.6. The molecule has 6 nitrogen and oxygen atoms in total. The van der Waals surface area contributed by atoms with Crippen LogP contribution in [0.15, 0.2) is 18.2 Å². The summed E-state index contributed by atoms with van der Waals surface area (Å²) in [6.07, 6.45) is -0.454. The molecule has 0 bridgehead atoms. The van der Waals surface area contributed by atoms with Crippen molar-refractivity contribution in [2.45, 2.75) is 46.3 Å². The molecule has 2 amide bonds. The van der Waals surface area contributed by atoms with Crippen molar-refractivity contribution in [1.29, 1.82) is 0 Å². The average molecular weight is 342 g/mol. The highest BCUT2D eigenvalue weighted by Gasteiger charge is 2.16. The van der Waals surface area contributed by atoms with Gasteiger partial charge in [-0.05, 0) is 45.9 Å². The number of halogens is 1. The topological polar surface area (TPSA) is 79.5 Å². The Labute approximate surface area is 141 Å². The standard InChI is InChI=1S/C16H24ClN3O3/c1-10(9-18-15(22)23-16(3,4)5)19-12-6-7-14(13(17)8-12)20-11(2)21/h6-8,10,19H,9H2,1-5H3,(H,18,22)(H,20,21). The second kappa shape index (κ2) is 8.06. The Hall–Kier alpha value is -1.95. The lowest BCUT2D eigenvalue weighted by Crippen LogP contribution is -2.38. The highest BCUT2D eigenvalue weighted by molar-refractivity contribution is 6.34. The van der Waals surface area contributed by atoms with Crippen LogP contribution in [0.25, 0.3) is 0 Å². The molecule has 0 aliphatic carbocycles. The highest BCUT2D eigenvalue weighted by Crippen LogP contribution is 2.25. The van der Waals surface area contributed by atoms with Gasteiger partial charge in [-0.2, -0.15) is 0 Å². The van der Waals surface area contributed by atoms with Gasteiger partial charge in [0.2, 0.25) is 5.91 Å². The maximum atomic E-state index is 11.6. The van der Waals surface area contributed by atoms with Gasteiger partial charge in [0.25, 0.3) is 0 Å². The zero-order chi connectivity index (χ0) is 17.6. The molecule has 0 aliphatic rings. The maximum Gasteiger partial charge on any atom is 0.407 e. The van der Waals surface area contributed by atoms with Crippen molar-refractivity contribution in [3.8, 4) is 0 Å². The Bertz CT molecular complexity index is 570. The van der Waals surface area contributed by atoms with Crippen LogP contribution in [-0.2, 0) is 9.53 Å². The summed E-state index contributed by atoms with van der Waals surface area (Å²) >= 11 is 6.11. The van der Waals surface area contributed by atoms with E-state index in [9.17, 15) is 9.59 Å². The molecule has 0 saturated carbocycles. The summed E-state index contributed by atoms with van der Waals surface area (Å²) in [7, 11) is 0. The fourth-order valence-electron chi connectivity index (χ4n) is 1.78. The number of anilines is 2. The van der Waals surface area contributed by atoms with Crippen LogP contribution in [0.3, 0.4) is 0 Å². The monoisotopic (exact) mass is 341 g/mol. The second-order valence-electron chi connectivity index (χ2n) is 6.30. The minimum Gasteiger partial charge on any atom is -0.444 e. The van der Waals surface area contributed by atoms with Crippen molar-refractivity contribution in [3.05, 3.63) is 23.2 Å². The van der Waals surface area contributed by atoms with Crippen LogP contribution in [-0.4, -0.2) is 30.2 Å². The van der Waals surface area contributed by atoms with E-state index in [0.717, 1.165) is 5.69 Å². The van der Waals surface area contributed by atoms with Gasteiger partial charge in [-0.15, -0.1) is 0 Å². The fraction of sp³-hybridized carbons (Fsp3) is 0.500. The second-order valence-corrected chi connectivity index (χ2v) is 6.71. The van der Waals surface area contributed by atoms with Gasteiger partial charge in [0.15, 0.2) is 0 Å². The van der Waals surface area contributed by atoms with E-state index in [4.69, 9.17) is 16.3 Å². The molecule has 1 aromatic rings. The van der Waals surface area contributed by atoms with E-state index < -0.39 is 11.7 Å². The molecule has 3 N–H and O–H groups in total. The molecule has 128 valence electrons. The molecular weight excluding hydrogens is 318 g/mol. The minimum atomic E-state index is -0.520. The molecule has 0 aliphatic heterocycles. The van der Waals surface area contributed by atoms with Crippen LogP contribution in [0.5, 0.6) is 0 Å². The molecule has 1 aromatic carbocycles. The lowest BCUT2D eigenvalue weighted by Gasteiger charge is -2.21. The predicted octanol–water partition coefficient (Wildman–Crippen LogP) is 3.62. The smallest absolute Gasteiger partial charge is 0.407 e. The molecule has 0 radical (unpaired) electrons. The SMILES string of the molecule is CC(=O)Nc1ccc(NC(C)CNC(=O)OC(C)(C)C)cc1Cl. The van der Waals surface area contributed by atoms with Crippen molar-refractivity contribution >= 4 is 35.0 Å². The number of rotatable bonds is 5. The summed E-state index contributed by atoms with van der Waals surface area (Å²) in [5, 5.41) is 9.00. The van der Waals surface area contributed by atoms with Crippen molar-refractivity contribution < 1.29 is 14.3 Å². The van der Waals surface area contributed by atoms with Crippen molar-refractivity contribution in [3.63, 3.8) is 0 Å². The molecule has 7 heteroatoms. The summed E-state index contributed by atoms with van der Waals surface area (Å²) in [5.41, 5.74) is 0.834. The number of benzene rings is 1. The number of ether oxygens (including phenoxy) is 1. The van der Waals surface area contributed by atoms with Gasteiger partial charge in [-0.3, -0.25) is 4.79 Å². The molecule has 1 rings (SSSR count). The molecule has 0 heterocycles. The molecule has 0 aromatic heterocycles. The molecule has 0 spiro atoms.